The van der Waals surface area contributed by atoms with Gasteiger partial charge in [0.05, 0.1) is 19.3 Å². The van der Waals surface area contributed by atoms with Crippen LogP contribution in [0, 0.1) is 12.8 Å². The summed E-state index contributed by atoms with van der Waals surface area (Å²) in [7, 11) is 1.68. The lowest BCUT2D eigenvalue weighted by molar-refractivity contribution is 0.0639. The number of aryl methyl sites for hydroxylation is 2. The van der Waals surface area contributed by atoms with Gasteiger partial charge in [0.1, 0.15) is 17.4 Å². The van der Waals surface area contributed by atoms with E-state index in [0.717, 1.165) is 110 Å². The first kappa shape index (κ1) is 22.2. The Labute approximate surface area is 195 Å². The van der Waals surface area contributed by atoms with Gasteiger partial charge in [-0.3, -0.25) is 4.90 Å². The van der Waals surface area contributed by atoms with Crippen molar-refractivity contribution in [3.05, 3.63) is 41.5 Å². The average molecular weight is 451 g/mol. The number of furan rings is 1. The number of hydrogen-bond acceptors (Lipinski definition) is 7. The molecule has 0 spiro atoms. The van der Waals surface area contributed by atoms with Crippen LogP contribution in [0.5, 0.6) is 5.75 Å². The van der Waals surface area contributed by atoms with E-state index in [-0.39, 0.29) is 0 Å². The minimum Gasteiger partial charge on any atom is -0.493 e. The van der Waals surface area contributed by atoms with Crippen molar-refractivity contribution in [2.24, 2.45) is 5.92 Å². The predicted octanol–water partition coefficient (Wildman–Crippen LogP) is 5.24. The Hall–Kier alpha value is -2.64. The molecule has 2 aliphatic rings. The SMILES string of the molecule is COc1ccc(Nc2cc(CCC3CCOCC3)nc(C)n2)c2cc(CN3CCCC3)oc12. The fourth-order valence-corrected chi connectivity index (χ4v) is 5.01. The second-order valence-electron chi connectivity index (χ2n) is 9.27. The van der Waals surface area contributed by atoms with Gasteiger partial charge >= 0.3 is 0 Å². The summed E-state index contributed by atoms with van der Waals surface area (Å²) in [5.74, 6) is 4.05. The predicted molar refractivity (Wildman–Crippen MR) is 129 cm³/mol. The Morgan fingerprint density at radius 2 is 1.94 bits per heavy atom. The van der Waals surface area contributed by atoms with Crippen molar-refractivity contribution in [3.63, 3.8) is 0 Å². The van der Waals surface area contributed by atoms with E-state index in [1.807, 2.05) is 19.1 Å². The van der Waals surface area contributed by atoms with Crippen molar-refractivity contribution in [1.29, 1.82) is 0 Å². The number of nitrogens with zero attached hydrogens (tertiary/aromatic N) is 3. The monoisotopic (exact) mass is 450 g/mol. The van der Waals surface area contributed by atoms with Gasteiger partial charge < -0.3 is 19.2 Å². The van der Waals surface area contributed by atoms with Gasteiger partial charge in [0.25, 0.3) is 0 Å². The summed E-state index contributed by atoms with van der Waals surface area (Å²) in [5.41, 5.74) is 2.83. The molecule has 33 heavy (non-hydrogen) atoms. The number of fused-ring (bicyclic) bond motifs is 1. The van der Waals surface area contributed by atoms with Gasteiger partial charge in [0.2, 0.25) is 0 Å². The van der Waals surface area contributed by atoms with E-state index in [1.54, 1.807) is 7.11 Å². The molecule has 4 heterocycles. The summed E-state index contributed by atoms with van der Waals surface area (Å²) < 4.78 is 17.3. The Morgan fingerprint density at radius 1 is 1.12 bits per heavy atom. The zero-order valence-corrected chi connectivity index (χ0v) is 19.7. The molecule has 0 aliphatic carbocycles. The Bertz CT molecular complexity index is 1080. The Morgan fingerprint density at radius 3 is 2.73 bits per heavy atom. The largest absolute Gasteiger partial charge is 0.493 e. The molecule has 5 rings (SSSR count). The first-order chi connectivity index (χ1) is 16.2. The smallest absolute Gasteiger partial charge is 0.178 e. The zero-order chi connectivity index (χ0) is 22.6. The van der Waals surface area contributed by atoms with E-state index < -0.39 is 0 Å². The van der Waals surface area contributed by atoms with Crippen LogP contribution in [0.4, 0.5) is 11.5 Å². The highest BCUT2D eigenvalue weighted by Gasteiger charge is 2.18. The lowest BCUT2D eigenvalue weighted by Gasteiger charge is -2.21. The molecule has 2 aliphatic heterocycles. The molecule has 2 saturated heterocycles. The molecule has 7 heteroatoms. The summed E-state index contributed by atoms with van der Waals surface area (Å²) in [5, 5.41) is 4.54. The van der Waals surface area contributed by atoms with E-state index in [4.69, 9.17) is 13.9 Å². The molecular weight excluding hydrogens is 416 g/mol. The molecular formula is C26H34N4O3. The first-order valence-electron chi connectivity index (χ1n) is 12.2. The Balaban J connectivity index is 1.36. The molecule has 0 bridgehead atoms. The average Bonchev–Trinajstić information content (AvgIpc) is 3.49. The zero-order valence-electron chi connectivity index (χ0n) is 19.7. The minimum absolute atomic E-state index is 0.728. The molecule has 2 aromatic heterocycles. The van der Waals surface area contributed by atoms with E-state index in [2.05, 4.69) is 32.3 Å². The number of rotatable bonds is 8. The highest BCUT2D eigenvalue weighted by Crippen LogP contribution is 2.36. The fourth-order valence-electron chi connectivity index (χ4n) is 5.01. The van der Waals surface area contributed by atoms with Crippen LogP contribution in [-0.2, 0) is 17.7 Å². The van der Waals surface area contributed by atoms with Crippen LogP contribution in [0.2, 0.25) is 0 Å². The summed E-state index contributed by atoms with van der Waals surface area (Å²) in [6, 6.07) is 8.20. The second-order valence-corrected chi connectivity index (χ2v) is 9.27. The topological polar surface area (TPSA) is 72.7 Å². The van der Waals surface area contributed by atoms with Crippen LogP contribution in [-0.4, -0.2) is 48.3 Å². The van der Waals surface area contributed by atoms with Crippen molar-refractivity contribution >= 4 is 22.5 Å². The number of benzene rings is 1. The van der Waals surface area contributed by atoms with Crippen molar-refractivity contribution in [2.75, 3.05) is 38.7 Å². The van der Waals surface area contributed by atoms with Gasteiger partial charge in [0, 0.05) is 30.4 Å². The molecule has 176 valence electrons. The number of ether oxygens (including phenoxy) is 2. The summed E-state index contributed by atoms with van der Waals surface area (Å²) in [6.45, 7) is 6.84. The van der Waals surface area contributed by atoms with Crippen LogP contribution in [0.3, 0.4) is 0 Å². The normalized spacial score (nSPS) is 17.6. The van der Waals surface area contributed by atoms with Crippen LogP contribution in [0.1, 0.15) is 49.4 Å². The first-order valence-corrected chi connectivity index (χ1v) is 12.2. The van der Waals surface area contributed by atoms with Crippen LogP contribution in [0.15, 0.2) is 28.7 Å². The van der Waals surface area contributed by atoms with E-state index in [9.17, 15) is 0 Å². The molecule has 1 aromatic carbocycles. The number of anilines is 2. The summed E-state index contributed by atoms with van der Waals surface area (Å²) >= 11 is 0. The molecule has 0 atom stereocenters. The summed E-state index contributed by atoms with van der Waals surface area (Å²) in [4.78, 5) is 11.8. The number of methoxy groups -OCH3 is 1. The van der Waals surface area contributed by atoms with Gasteiger partial charge in [-0.15, -0.1) is 0 Å². The number of nitrogens with one attached hydrogen (secondary N) is 1. The Kier molecular flexibility index (Phi) is 6.78. The molecule has 0 saturated carbocycles. The van der Waals surface area contributed by atoms with Crippen LogP contribution < -0.4 is 10.1 Å². The van der Waals surface area contributed by atoms with Gasteiger partial charge in [-0.1, -0.05) is 0 Å². The van der Waals surface area contributed by atoms with Gasteiger partial charge in [-0.05, 0) is 82.7 Å². The quantitative estimate of drug-likeness (QED) is 0.503. The maximum absolute atomic E-state index is 6.23. The van der Waals surface area contributed by atoms with Crippen molar-refractivity contribution in [1.82, 2.24) is 14.9 Å². The van der Waals surface area contributed by atoms with E-state index in [1.165, 1.54) is 12.8 Å². The molecule has 1 N–H and O–H groups in total. The molecule has 0 unspecified atom stereocenters. The van der Waals surface area contributed by atoms with E-state index >= 15 is 0 Å². The standard InChI is InChI=1S/C26H34N4O3/c1-18-27-20(6-5-19-9-13-32-14-10-19)15-25(28-18)29-23-7-8-24(31-2)26-22(23)16-21(33-26)17-30-11-3-4-12-30/h7-8,15-16,19H,3-6,9-14,17H2,1-2H3,(H,27,28,29). The lowest BCUT2D eigenvalue weighted by Crippen LogP contribution is -2.17. The van der Waals surface area contributed by atoms with Gasteiger partial charge in [0.15, 0.2) is 11.3 Å². The third-order valence-corrected chi connectivity index (χ3v) is 6.80. The van der Waals surface area contributed by atoms with E-state index in [0.29, 0.717) is 0 Å². The third-order valence-electron chi connectivity index (χ3n) is 6.80. The molecule has 3 aromatic rings. The fraction of sp³-hybridized carbons (Fsp3) is 0.538. The molecule has 0 amide bonds. The maximum Gasteiger partial charge on any atom is 0.178 e. The summed E-state index contributed by atoms with van der Waals surface area (Å²) in [6.07, 6.45) is 6.94. The van der Waals surface area contributed by atoms with Crippen LogP contribution >= 0.6 is 0 Å². The molecule has 0 radical (unpaired) electrons. The molecule has 7 nitrogen and oxygen atoms in total. The van der Waals surface area contributed by atoms with Crippen molar-refractivity contribution in [3.8, 4) is 5.75 Å². The minimum atomic E-state index is 0.728. The highest BCUT2D eigenvalue weighted by atomic mass is 16.5. The number of hydrogen-bond donors (Lipinski definition) is 1. The molecule has 2 fully saturated rings. The third kappa shape index (κ3) is 5.31. The number of likely N-dealkylation sites (tertiary alicyclic amines) is 1. The highest BCUT2D eigenvalue weighted by molar-refractivity contribution is 5.96. The van der Waals surface area contributed by atoms with Crippen molar-refractivity contribution in [2.45, 2.75) is 52.0 Å². The van der Waals surface area contributed by atoms with Crippen LogP contribution in [0.25, 0.3) is 11.0 Å². The van der Waals surface area contributed by atoms with Gasteiger partial charge in [-0.2, -0.15) is 0 Å². The lowest BCUT2D eigenvalue weighted by atomic mass is 9.94. The maximum atomic E-state index is 6.23. The van der Waals surface area contributed by atoms with Crippen molar-refractivity contribution < 1.29 is 13.9 Å². The number of aromatic nitrogens is 2. The van der Waals surface area contributed by atoms with Gasteiger partial charge in [-0.25, -0.2) is 9.97 Å². The second kappa shape index (κ2) is 10.1.